The van der Waals surface area contributed by atoms with Crippen molar-refractivity contribution in [3.05, 3.63) is 23.8 Å². The molecule has 3 rings (SSSR count). The Morgan fingerprint density at radius 3 is 2.06 bits per heavy atom. The van der Waals surface area contributed by atoms with Gasteiger partial charge in [-0.25, -0.2) is 0 Å². The Balaban J connectivity index is 0.000000146. The van der Waals surface area contributed by atoms with E-state index in [4.69, 9.17) is 9.47 Å². The second kappa shape index (κ2) is 6.12. The van der Waals surface area contributed by atoms with Crippen molar-refractivity contribution in [2.45, 2.75) is 39.0 Å². The Hall–Kier alpha value is -1.18. The predicted molar refractivity (Wildman–Crippen MR) is 74.3 cm³/mol. The second-order valence-corrected chi connectivity index (χ2v) is 5.46. The third-order valence-electron chi connectivity index (χ3n) is 3.68. The van der Waals surface area contributed by atoms with Crippen LogP contribution in [0.3, 0.4) is 0 Å². The Labute approximate surface area is 110 Å². The standard InChI is InChI=1S/C9H12O2.C7H12/c1-7-4-5-8(10-2)6-9(7)11-3;1-2-6(1)5-7-3-4-7/h4-6H,1-3H3;6-7H,1-5H2. The maximum absolute atomic E-state index is 5.11. The maximum Gasteiger partial charge on any atom is 0.125 e. The molecule has 1 aromatic carbocycles. The summed E-state index contributed by atoms with van der Waals surface area (Å²) in [7, 11) is 3.30. The van der Waals surface area contributed by atoms with Crippen molar-refractivity contribution in [3.63, 3.8) is 0 Å². The monoisotopic (exact) mass is 248 g/mol. The van der Waals surface area contributed by atoms with E-state index in [1.54, 1.807) is 46.3 Å². The van der Waals surface area contributed by atoms with Gasteiger partial charge in [-0.2, -0.15) is 0 Å². The third kappa shape index (κ3) is 4.25. The highest BCUT2D eigenvalue weighted by Gasteiger charge is 2.30. The molecule has 0 N–H and O–H groups in total. The lowest BCUT2D eigenvalue weighted by atomic mass is 10.2. The molecule has 2 aliphatic carbocycles. The summed E-state index contributed by atoms with van der Waals surface area (Å²) in [6, 6.07) is 5.75. The maximum atomic E-state index is 5.11. The van der Waals surface area contributed by atoms with Gasteiger partial charge in [-0.3, -0.25) is 0 Å². The van der Waals surface area contributed by atoms with Crippen LogP contribution in [0, 0.1) is 18.8 Å². The first kappa shape index (κ1) is 13.3. The number of aryl methyl sites for hydroxylation is 1. The number of methoxy groups -OCH3 is 2. The van der Waals surface area contributed by atoms with Gasteiger partial charge in [0.25, 0.3) is 0 Å². The highest BCUT2D eigenvalue weighted by Crippen LogP contribution is 2.43. The molecule has 0 aliphatic heterocycles. The lowest BCUT2D eigenvalue weighted by molar-refractivity contribution is 0.392. The minimum atomic E-state index is 0.826. The van der Waals surface area contributed by atoms with Crippen molar-refractivity contribution in [3.8, 4) is 11.5 Å². The van der Waals surface area contributed by atoms with Crippen LogP contribution in [0.4, 0.5) is 0 Å². The summed E-state index contributed by atoms with van der Waals surface area (Å²) in [6.45, 7) is 2.00. The molecule has 0 aromatic heterocycles. The van der Waals surface area contributed by atoms with Crippen molar-refractivity contribution < 1.29 is 9.47 Å². The molecular weight excluding hydrogens is 224 g/mol. The van der Waals surface area contributed by atoms with Gasteiger partial charge in [-0.05, 0) is 36.8 Å². The van der Waals surface area contributed by atoms with E-state index >= 15 is 0 Å². The normalized spacial score (nSPS) is 17.7. The average Bonchev–Trinajstić information content (AvgIpc) is 3.28. The first-order valence-electron chi connectivity index (χ1n) is 6.91. The van der Waals surface area contributed by atoms with E-state index < -0.39 is 0 Å². The molecule has 18 heavy (non-hydrogen) atoms. The SMILES string of the molecule is C1CC1CC1CC1.COc1ccc(C)c(OC)c1. The molecule has 0 saturated heterocycles. The molecule has 2 heteroatoms. The van der Waals surface area contributed by atoms with Gasteiger partial charge in [0.2, 0.25) is 0 Å². The fourth-order valence-electron chi connectivity index (χ4n) is 2.11. The zero-order valence-corrected chi connectivity index (χ0v) is 11.7. The minimum Gasteiger partial charge on any atom is -0.497 e. The fourth-order valence-corrected chi connectivity index (χ4v) is 2.11. The first-order chi connectivity index (χ1) is 8.72. The molecule has 2 saturated carbocycles. The van der Waals surface area contributed by atoms with Crippen LogP contribution < -0.4 is 9.47 Å². The van der Waals surface area contributed by atoms with Crippen LogP contribution >= 0.6 is 0 Å². The molecule has 0 amide bonds. The molecule has 0 unspecified atom stereocenters. The summed E-state index contributed by atoms with van der Waals surface area (Å²) in [4.78, 5) is 0. The third-order valence-corrected chi connectivity index (χ3v) is 3.68. The van der Waals surface area contributed by atoms with Gasteiger partial charge in [0.15, 0.2) is 0 Å². The quantitative estimate of drug-likeness (QED) is 0.794. The first-order valence-corrected chi connectivity index (χ1v) is 6.91. The van der Waals surface area contributed by atoms with Crippen molar-refractivity contribution in [2.24, 2.45) is 11.8 Å². The molecule has 100 valence electrons. The van der Waals surface area contributed by atoms with Gasteiger partial charge in [0.05, 0.1) is 14.2 Å². The summed E-state index contributed by atoms with van der Waals surface area (Å²) < 4.78 is 10.1. The lowest BCUT2D eigenvalue weighted by Gasteiger charge is -2.05. The molecular formula is C16H24O2. The second-order valence-electron chi connectivity index (χ2n) is 5.46. The predicted octanol–water partition coefficient (Wildman–Crippen LogP) is 4.21. The van der Waals surface area contributed by atoms with Crippen LogP contribution in [0.5, 0.6) is 11.5 Å². The van der Waals surface area contributed by atoms with Crippen molar-refractivity contribution in [2.75, 3.05) is 14.2 Å². The molecule has 1 aromatic rings. The summed E-state index contributed by atoms with van der Waals surface area (Å²) >= 11 is 0. The summed E-state index contributed by atoms with van der Waals surface area (Å²) in [6.07, 6.45) is 7.79. The number of rotatable bonds is 4. The van der Waals surface area contributed by atoms with E-state index in [2.05, 4.69) is 0 Å². The Morgan fingerprint density at radius 2 is 1.61 bits per heavy atom. The van der Waals surface area contributed by atoms with E-state index in [9.17, 15) is 0 Å². The van der Waals surface area contributed by atoms with E-state index in [0.717, 1.165) is 17.1 Å². The largest absolute Gasteiger partial charge is 0.497 e. The Morgan fingerprint density at radius 1 is 1.00 bits per heavy atom. The van der Waals surface area contributed by atoms with Crippen molar-refractivity contribution in [1.82, 2.24) is 0 Å². The van der Waals surface area contributed by atoms with Gasteiger partial charge in [-0.15, -0.1) is 0 Å². The number of benzene rings is 1. The van der Waals surface area contributed by atoms with Crippen LogP contribution in [0.2, 0.25) is 0 Å². The molecule has 0 radical (unpaired) electrons. The zero-order valence-electron chi connectivity index (χ0n) is 11.7. The lowest BCUT2D eigenvalue weighted by Crippen LogP contribution is -1.88. The van der Waals surface area contributed by atoms with Crippen LogP contribution in [0.15, 0.2) is 18.2 Å². The summed E-state index contributed by atoms with van der Waals surface area (Å²) in [5.74, 6) is 4.07. The summed E-state index contributed by atoms with van der Waals surface area (Å²) in [5.41, 5.74) is 1.12. The van der Waals surface area contributed by atoms with Crippen LogP contribution in [0.25, 0.3) is 0 Å². The van der Waals surface area contributed by atoms with Gasteiger partial charge in [-0.1, -0.05) is 31.7 Å². The van der Waals surface area contributed by atoms with Crippen LogP contribution in [-0.2, 0) is 0 Å². The van der Waals surface area contributed by atoms with Gasteiger partial charge in [0.1, 0.15) is 11.5 Å². The summed E-state index contributed by atoms with van der Waals surface area (Å²) in [5, 5.41) is 0. The molecule has 2 fully saturated rings. The number of ether oxygens (including phenoxy) is 2. The highest BCUT2D eigenvalue weighted by atomic mass is 16.5. The van der Waals surface area contributed by atoms with E-state index in [-0.39, 0.29) is 0 Å². The van der Waals surface area contributed by atoms with Gasteiger partial charge in [0, 0.05) is 6.07 Å². The van der Waals surface area contributed by atoms with Gasteiger partial charge >= 0.3 is 0 Å². The van der Waals surface area contributed by atoms with Gasteiger partial charge < -0.3 is 9.47 Å². The molecule has 0 atom stereocenters. The van der Waals surface area contributed by atoms with Crippen LogP contribution in [-0.4, -0.2) is 14.2 Å². The fraction of sp³-hybridized carbons (Fsp3) is 0.625. The topological polar surface area (TPSA) is 18.5 Å². The number of hydrogen-bond acceptors (Lipinski definition) is 2. The zero-order chi connectivity index (χ0) is 13.0. The Bertz CT molecular complexity index is 369. The van der Waals surface area contributed by atoms with Crippen molar-refractivity contribution >= 4 is 0 Å². The van der Waals surface area contributed by atoms with E-state index in [1.165, 1.54) is 11.8 Å². The minimum absolute atomic E-state index is 0.826. The molecule has 0 heterocycles. The highest BCUT2D eigenvalue weighted by molar-refractivity contribution is 5.39. The van der Waals surface area contributed by atoms with Crippen LogP contribution in [0.1, 0.15) is 37.7 Å². The molecule has 0 spiro atoms. The molecule has 2 nitrogen and oxygen atoms in total. The molecule has 0 bridgehead atoms. The number of hydrogen-bond donors (Lipinski definition) is 0. The smallest absolute Gasteiger partial charge is 0.125 e. The average molecular weight is 248 g/mol. The Kier molecular flexibility index (Phi) is 4.51. The van der Waals surface area contributed by atoms with E-state index in [0.29, 0.717) is 0 Å². The molecule has 2 aliphatic rings. The van der Waals surface area contributed by atoms with Crippen molar-refractivity contribution in [1.29, 1.82) is 0 Å². The van der Waals surface area contributed by atoms with E-state index in [1.807, 2.05) is 25.1 Å².